The molecule has 0 atom stereocenters. The van der Waals surface area contributed by atoms with Crippen LogP contribution in [0.2, 0.25) is 0 Å². The van der Waals surface area contributed by atoms with Crippen LogP contribution in [0.5, 0.6) is 5.75 Å². The van der Waals surface area contributed by atoms with E-state index in [9.17, 15) is 13.2 Å². The molecule has 0 fully saturated rings. The maximum atomic E-state index is 12.5. The van der Waals surface area contributed by atoms with Crippen LogP contribution in [0.25, 0.3) is 0 Å². The van der Waals surface area contributed by atoms with Crippen LogP contribution in [0.1, 0.15) is 51.4 Å². The Kier molecular flexibility index (Phi) is 7.69. The number of hydrogen-bond donors (Lipinski definition) is 2. The van der Waals surface area contributed by atoms with Gasteiger partial charge in [-0.1, -0.05) is 13.8 Å². The van der Waals surface area contributed by atoms with Gasteiger partial charge in [-0.2, -0.15) is 0 Å². The molecular formula is C17H28N2O4S. The van der Waals surface area contributed by atoms with E-state index in [-0.39, 0.29) is 22.6 Å². The highest BCUT2D eigenvalue weighted by molar-refractivity contribution is 7.89. The second-order valence-electron chi connectivity index (χ2n) is 6.31. The molecule has 0 radical (unpaired) electrons. The van der Waals surface area contributed by atoms with Crippen molar-refractivity contribution in [2.24, 2.45) is 5.92 Å². The van der Waals surface area contributed by atoms with Gasteiger partial charge >= 0.3 is 0 Å². The fourth-order valence-electron chi connectivity index (χ4n) is 2.08. The highest BCUT2D eigenvalue weighted by Gasteiger charge is 2.22. The van der Waals surface area contributed by atoms with Crippen molar-refractivity contribution in [1.82, 2.24) is 10.0 Å². The summed E-state index contributed by atoms with van der Waals surface area (Å²) in [7, 11) is -3.76. The van der Waals surface area contributed by atoms with Gasteiger partial charge in [0.1, 0.15) is 10.6 Å². The van der Waals surface area contributed by atoms with Crippen LogP contribution in [0, 0.1) is 5.92 Å². The van der Waals surface area contributed by atoms with E-state index >= 15 is 0 Å². The zero-order chi connectivity index (χ0) is 18.3. The molecular weight excluding hydrogens is 328 g/mol. The Morgan fingerprint density at radius 3 is 2.42 bits per heavy atom. The molecule has 0 saturated heterocycles. The summed E-state index contributed by atoms with van der Waals surface area (Å²) < 4.78 is 32.9. The van der Waals surface area contributed by atoms with E-state index in [0.717, 1.165) is 6.42 Å². The van der Waals surface area contributed by atoms with Gasteiger partial charge < -0.3 is 10.1 Å². The van der Waals surface area contributed by atoms with Crippen molar-refractivity contribution in [2.75, 3.05) is 13.2 Å². The molecule has 1 aromatic rings. The Labute approximate surface area is 145 Å². The van der Waals surface area contributed by atoms with Crippen molar-refractivity contribution in [3.8, 4) is 5.75 Å². The molecule has 1 aromatic carbocycles. The highest BCUT2D eigenvalue weighted by Crippen LogP contribution is 2.25. The Hall–Kier alpha value is -1.60. The average molecular weight is 356 g/mol. The van der Waals surface area contributed by atoms with Crippen molar-refractivity contribution in [2.45, 2.75) is 52.0 Å². The SMILES string of the molecule is CCOc1ccc(C(=O)NCCC(C)C)cc1S(=O)(=O)NC(C)C. The zero-order valence-electron chi connectivity index (χ0n) is 15.0. The van der Waals surface area contributed by atoms with E-state index in [1.54, 1.807) is 26.8 Å². The van der Waals surface area contributed by atoms with Crippen molar-refractivity contribution in [1.29, 1.82) is 0 Å². The van der Waals surface area contributed by atoms with E-state index in [1.807, 2.05) is 0 Å². The molecule has 0 bridgehead atoms. The summed E-state index contributed by atoms with van der Waals surface area (Å²) in [5, 5.41) is 2.81. The van der Waals surface area contributed by atoms with E-state index in [2.05, 4.69) is 23.9 Å². The van der Waals surface area contributed by atoms with Gasteiger partial charge in [0.05, 0.1) is 6.61 Å². The monoisotopic (exact) mass is 356 g/mol. The quantitative estimate of drug-likeness (QED) is 0.712. The van der Waals surface area contributed by atoms with Gasteiger partial charge in [-0.05, 0) is 51.3 Å². The van der Waals surface area contributed by atoms with Crippen molar-refractivity contribution in [3.63, 3.8) is 0 Å². The van der Waals surface area contributed by atoms with Crippen LogP contribution < -0.4 is 14.8 Å². The summed E-state index contributed by atoms with van der Waals surface area (Å²) >= 11 is 0. The molecule has 0 saturated carbocycles. The molecule has 0 aliphatic rings. The maximum absolute atomic E-state index is 12.5. The summed E-state index contributed by atoms with van der Waals surface area (Å²) in [5.41, 5.74) is 0.298. The molecule has 136 valence electrons. The number of carbonyl (C=O) groups excluding carboxylic acids is 1. The lowest BCUT2D eigenvalue weighted by Gasteiger charge is -2.15. The molecule has 1 rings (SSSR count). The van der Waals surface area contributed by atoms with E-state index < -0.39 is 10.0 Å². The number of benzene rings is 1. The molecule has 6 nitrogen and oxygen atoms in total. The number of carbonyl (C=O) groups is 1. The van der Waals surface area contributed by atoms with Crippen LogP contribution in [0.15, 0.2) is 23.1 Å². The molecule has 0 aromatic heterocycles. The first-order valence-electron chi connectivity index (χ1n) is 8.24. The summed E-state index contributed by atoms with van der Waals surface area (Å²) in [5.74, 6) is 0.431. The van der Waals surface area contributed by atoms with E-state index in [1.165, 1.54) is 12.1 Å². The first kappa shape index (κ1) is 20.4. The molecule has 1 amide bonds. The lowest BCUT2D eigenvalue weighted by Crippen LogP contribution is -2.31. The number of hydrogen-bond acceptors (Lipinski definition) is 4. The number of rotatable bonds is 9. The predicted molar refractivity (Wildman–Crippen MR) is 94.9 cm³/mol. The minimum absolute atomic E-state index is 0.0189. The first-order valence-corrected chi connectivity index (χ1v) is 9.73. The van der Waals surface area contributed by atoms with Crippen LogP contribution in [0.4, 0.5) is 0 Å². The minimum Gasteiger partial charge on any atom is -0.492 e. The molecule has 0 spiro atoms. The summed E-state index contributed by atoms with van der Waals surface area (Å²) in [6.07, 6.45) is 0.864. The van der Waals surface area contributed by atoms with Gasteiger partial charge in [-0.3, -0.25) is 4.79 Å². The standard InChI is InChI=1S/C17H28N2O4S/c1-6-23-15-8-7-14(17(20)18-10-9-12(2)3)11-16(15)24(21,22)19-13(4)5/h7-8,11-13,19H,6,9-10H2,1-5H3,(H,18,20). The number of ether oxygens (including phenoxy) is 1. The molecule has 2 N–H and O–H groups in total. The molecule has 0 heterocycles. The third-order valence-electron chi connectivity index (χ3n) is 3.19. The second kappa shape index (κ2) is 9.03. The Morgan fingerprint density at radius 1 is 1.21 bits per heavy atom. The van der Waals surface area contributed by atoms with Gasteiger partial charge in [-0.15, -0.1) is 0 Å². The molecule has 0 aliphatic carbocycles. The lowest BCUT2D eigenvalue weighted by molar-refractivity contribution is 0.0951. The topological polar surface area (TPSA) is 84.5 Å². The molecule has 0 unspecified atom stereocenters. The summed E-state index contributed by atoms with van der Waals surface area (Å²) in [6.45, 7) is 10.3. The van der Waals surface area contributed by atoms with Crippen LogP contribution in [-0.4, -0.2) is 33.5 Å². The zero-order valence-corrected chi connectivity index (χ0v) is 15.9. The van der Waals surface area contributed by atoms with Gasteiger partial charge in [0.25, 0.3) is 5.91 Å². The van der Waals surface area contributed by atoms with Gasteiger partial charge in [0.15, 0.2) is 0 Å². The smallest absolute Gasteiger partial charge is 0.251 e. The minimum atomic E-state index is -3.76. The number of nitrogens with one attached hydrogen (secondary N) is 2. The lowest BCUT2D eigenvalue weighted by atomic mass is 10.1. The van der Waals surface area contributed by atoms with E-state index in [4.69, 9.17) is 4.74 Å². The van der Waals surface area contributed by atoms with E-state index in [0.29, 0.717) is 24.6 Å². The Balaban J connectivity index is 3.10. The number of amides is 1. The Morgan fingerprint density at radius 2 is 1.88 bits per heavy atom. The fourth-order valence-corrected chi connectivity index (χ4v) is 3.51. The van der Waals surface area contributed by atoms with Crippen molar-refractivity contribution >= 4 is 15.9 Å². The summed E-state index contributed by atoms with van der Waals surface area (Å²) in [4.78, 5) is 12.2. The second-order valence-corrected chi connectivity index (χ2v) is 7.99. The Bertz CT molecular complexity index is 655. The van der Waals surface area contributed by atoms with Crippen molar-refractivity contribution < 1.29 is 17.9 Å². The highest BCUT2D eigenvalue weighted by atomic mass is 32.2. The summed E-state index contributed by atoms with van der Waals surface area (Å²) in [6, 6.07) is 4.20. The normalized spacial score (nSPS) is 11.8. The van der Waals surface area contributed by atoms with Gasteiger partial charge in [-0.25, -0.2) is 13.1 Å². The van der Waals surface area contributed by atoms with Gasteiger partial charge in [0, 0.05) is 18.2 Å². The molecule has 7 heteroatoms. The average Bonchev–Trinajstić information content (AvgIpc) is 2.46. The van der Waals surface area contributed by atoms with Crippen molar-refractivity contribution in [3.05, 3.63) is 23.8 Å². The van der Waals surface area contributed by atoms with Crippen LogP contribution in [0.3, 0.4) is 0 Å². The predicted octanol–water partition coefficient (Wildman–Crippen LogP) is 2.55. The van der Waals surface area contributed by atoms with Crippen LogP contribution in [-0.2, 0) is 10.0 Å². The number of sulfonamides is 1. The first-order chi connectivity index (χ1) is 11.2. The third-order valence-corrected chi connectivity index (χ3v) is 4.87. The fraction of sp³-hybridized carbons (Fsp3) is 0.588. The molecule has 24 heavy (non-hydrogen) atoms. The van der Waals surface area contributed by atoms with Gasteiger partial charge in [0.2, 0.25) is 10.0 Å². The molecule has 0 aliphatic heterocycles. The van der Waals surface area contributed by atoms with Crippen LogP contribution >= 0.6 is 0 Å². The third kappa shape index (κ3) is 6.13. The largest absolute Gasteiger partial charge is 0.492 e. The maximum Gasteiger partial charge on any atom is 0.251 e.